The molecule has 1 amide bonds. The van der Waals surface area contributed by atoms with E-state index in [2.05, 4.69) is 11.6 Å². The molecule has 3 rings (SSSR count). The molecule has 0 atom stereocenters. The Kier molecular flexibility index (Phi) is 6.77. The zero-order valence-electron chi connectivity index (χ0n) is 16.8. The molecule has 1 aliphatic heterocycles. The van der Waals surface area contributed by atoms with E-state index in [1.165, 1.54) is 11.8 Å². The molecule has 0 unspecified atom stereocenters. The van der Waals surface area contributed by atoms with E-state index in [4.69, 9.17) is 9.47 Å². The van der Waals surface area contributed by atoms with Gasteiger partial charge in [-0.25, -0.2) is 4.99 Å². The van der Waals surface area contributed by atoms with Gasteiger partial charge < -0.3 is 9.47 Å². The van der Waals surface area contributed by atoms with Crippen LogP contribution in [-0.4, -0.2) is 35.7 Å². The van der Waals surface area contributed by atoms with Crippen molar-refractivity contribution in [1.82, 2.24) is 4.90 Å². The first-order chi connectivity index (χ1) is 14.0. The van der Waals surface area contributed by atoms with Crippen LogP contribution in [0.1, 0.15) is 19.4 Å². The van der Waals surface area contributed by atoms with Crippen molar-refractivity contribution in [1.29, 1.82) is 0 Å². The number of methoxy groups -OCH3 is 1. The minimum absolute atomic E-state index is 0.00702. The molecule has 1 fully saturated rings. The standard InChI is InChI=1S/C23H24N2O3S/c1-5-13-28-19-12-11-17(14-20(19)27-4)15-21-22(26)25(16(2)3)23(29-21)24-18-9-7-6-8-10-18/h5-12,14-16H,1,13H2,2-4H3/b21-15+,24-23?. The summed E-state index contributed by atoms with van der Waals surface area (Å²) in [6.07, 6.45) is 3.53. The average molecular weight is 409 g/mol. The summed E-state index contributed by atoms with van der Waals surface area (Å²) in [7, 11) is 1.59. The molecule has 6 heteroatoms. The lowest BCUT2D eigenvalue weighted by Gasteiger charge is -2.19. The SMILES string of the molecule is C=CCOc1ccc(/C=C2/SC(=Nc3ccccc3)N(C(C)C)C2=O)cc1OC. The first-order valence-electron chi connectivity index (χ1n) is 9.32. The van der Waals surface area contributed by atoms with Crippen LogP contribution >= 0.6 is 11.8 Å². The summed E-state index contributed by atoms with van der Waals surface area (Å²) in [5, 5.41) is 0.681. The lowest BCUT2D eigenvalue weighted by atomic mass is 10.1. The van der Waals surface area contributed by atoms with Gasteiger partial charge in [-0.15, -0.1) is 0 Å². The lowest BCUT2D eigenvalue weighted by Crippen LogP contribution is -2.35. The van der Waals surface area contributed by atoms with Crippen LogP contribution in [0, 0.1) is 0 Å². The largest absolute Gasteiger partial charge is 0.493 e. The smallest absolute Gasteiger partial charge is 0.266 e. The van der Waals surface area contributed by atoms with E-state index in [0.717, 1.165) is 11.3 Å². The minimum atomic E-state index is -0.0503. The maximum absolute atomic E-state index is 13.0. The molecule has 1 heterocycles. The van der Waals surface area contributed by atoms with Crippen molar-refractivity contribution in [3.8, 4) is 11.5 Å². The summed E-state index contributed by atoms with van der Waals surface area (Å²) in [6.45, 7) is 8.01. The van der Waals surface area contributed by atoms with Crippen LogP contribution in [0.25, 0.3) is 6.08 Å². The van der Waals surface area contributed by atoms with Crippen molar-refractivity contribution in [2.75, 3.05) is 13.7 Å². The van der Waals surface area contributed by atoms with E-state index >= 15 is 0 Å². The van der Waals surface area contributed by atoms with Crippen molar-refractivity contribution < 1.29 is 14.3 Å². The number of amides is 1. The van der Waals surface area contributed by atoms with Crippen molar-refractivity contribution in [3.05, 3.63) is 71.7 Å². The quantitative estimate of drug-likeness (QED) is 0.462. The molecule has 0 bridgehead atoms. The Hall–Kier alpha value is -2.99. The number of ether oxygens (including phenoxy) is 2. The molecule has 0 aliphatic carbocycles. The van der Waals surface area contributed by atoms with Crippen molar-refractivity contribution >= 4 is 34.6 Å². The van der Waals surface area contributed by atoms with Gasteiger partial charge >= 0.3 is 0 Å². The van der Waals surface area contributed by atoms with Crippen LogP contribution in [0.3, 0.4) is 0 Å². The Morgan fingerprint density at radius 3 is 2.59 bits per heavy atom. The maximum Gasteiger partial charge on any atom is 0.266 e. The lowest BCUT2D eigenvalue weighted by molar-refractivity contribution is -0.123. The van der Waals surface area contributed by atoms with E-state index in [9.17, 15) is 4.79 Å². The summed E-state index contributed by atoms with van der Waals surface area (Å²) in [5.74, 6) is 1.19. The van der Waals surface area contributed by atoms with E-state index in [1.54, 1.807) is 18.1 Å². The van der Waals surface area contributed by atoms with Crippen LogP contribution in [0.15, 0.2) is 71.1 Å². The number of aliphatic imine (C=N–C) groups is 1. The second-order valence-corrected chi connectivity index (χ2v) is 7.63. The highest BCUT2D eigenvalue weighted by atomic mass is 32.2. The van der Waals surface area contributed by atoms with E-state index in [1.807, 2.05) is 68.5 Å². The molecule has 0 saturated carbocycles. The molecule has 0 radical (unpaired) electrons. The molecule has 5 nitrogen and oxygen atoms in total. The Bertz CT molecular complexity index is 952. The van der Waals surface area contributed by atoms with Gasteiger partial charge in [-0.3, -0.25) is 9.69 Å². The molecule has 29 heavy (non-hydrogen) atoms. The van der Waals surface area contributed by atoms with Gasteiger partial charge in [-0.1, -0.05) is 36.9 Å². The fourth-order valence-electron chi connectivity index (χ4n) is 2.83. The number of thioether (sulfide) groups is 1. The zero-order chi connectivity index (χ0) is 20.8. The molecule has 0 aromatic heterocycles. The van der Waals surface area contributed by atoms with E-state index < -0.39 is 0 Å². The van der Waals surface area contributed by atoms with Crippen LogP contribution in [0.2, 0.25) is 0 Å². The second kappa shape index (κ2) is 9.47. The number of benzene rings is 2. The first kappa shape index (κ1) is 20.7. The molecule has 1 aliphatic rings. The Labute approximate surface area is 175 Å². The molecular weight excluding hydrogens is 384 g/mol. The van der Waals surface area contributed by atoms with Gasteiger partial charge in [0.1, 0.15) is 6.61 Å². The highest BCUT2D eigenvalue weighted by Crippen LogP contribution is 2.36. The van der Waals surface area contributed by atoms with Crippen LogP contribution in [-0.2, 0) is 4.79 Å². The summed E-state index contributed by atoms with van der Waals surface area (Å²) >= 11 is 1.38. The highest BCUT2D eigenvalue weighted by Gasteiger charge is 2.35. The first-order valence-corrected chi connectivity index (χ1v) is 10.1. The number of nitrogens with zero attached hydrogens (tertiary/aromatic N) is 2. The fraction of sp³-hybridized carbons (Fsp3) is 0.217. The molecule has 2 aromatic carbocycles. The van der Waals surface area contributed by atoms with E-state index in [-0.39, 0.29) is 11.9 Å². The molecule has 150 valence electrons. The van der Waals surface area contributed by atoms with Crippen molar-refractivity contribution in [2.45, 2.75) is 19.9 Å². The third kappa shape index (κ3) is 4.90. The number of amidine groups is 1. The molecule has 0 N–H and O–H groups in total. The third-order valence-electron chi connectivity index (χ3n) is 4.18. The van der Waals surface area contributed by atoms with Gasteiger partial charge in [0, 0.05) is 6.04 Å². The monoisotopic (exact) mass is 408 g/mol. The Morgan fingerprint density at radius 2 is 1.93 bits per heavy atom. The van der Waals surface area contributed by atoms with Gasteiger partial charge in [0.15, 0.2) is 16.7 Å². The summed E-state index contributed by atoms with van der Waals surface area (Å²) in [6, 6.07) is 15.2. The number of carbonyl (C=O) groups excluding carboxylic acids is 1. The maximum atomic E-state index is 13.0. The van der Waals surface area contributed by atoms with Crippen molar-refractivity contribution in [2.24, 2.45) is 4.99 Å². The number of hydrogen-bond donors (Lipinski definition) is 0. The summed E-state index contributed by atoms with van der Waals surface area (Å²) < 4.78 is 11.0. The van der Waals surface area contributed by atoms with Gasteiger partial charge in [-0.05, 0) is 61.5 Å². The fourth-order valence-corrected chi connectivity index (χ4v) is 3.95. The molecule has 0 spiro atoms. The normalized spacial score (nSPS) is 16.7. The van der Waals surface area contributed by atoms with E-state index in [0.29, 0.717) is 28.2 Å². The minimum Gasteiger partial charge on any atom is -0.493 e. The van der Waals surface area contributed by atoms with Crippen LogP contribution in [0.5, 0.6) is 11.5 Å². The molecular formula is C23H24N2O3S. The zero-order valence-corrected chi connectivity index (χ0v) is 17.6. The number of rotatable bonds is 7. The van der Waals surface area contributed by atoms with Gasteiger partial charge in [0.2, 0.25) is 0 Å². The summed E-state index contributed by atoms with van der Waals surface area (Å²) in [4.78, 5) is 20.0. The Morgan fingerprint density at radius 1 is 1.17 bits per heavy atom. The topological polar surface area (TPSA) is 51.1 Å². The summed E-state index contributed by atoms with van der Waals surface area (Å²) in [5.41, 5.74) is 1.67. The van der Waals surface area contributed by atoms with Crippen LogP contribution < -0.4 is 9.47 Å². The number of para-hydroxylation sites is 1. The average Bonchev–Trinajstić information content (AvgIpc) is 3.02. The van der Waals surface area contributed by atoms with Gasteiger partial charge in [-0.2, -0.15) is 0 Å². The Balaban J connectivity index is 1.92. The van der Waals surface area contributed by atoms with Gasteiger partial charge in [0.05, 0.1) is 17.7 Å². The number of hydrogen-bond acceptors (Lipinski definition) is 5. The molecule has 2 aromatic rings. The van der Waals surface area contributed by atoms with Crippen LogP contribution in [0.4, 0.5) is 5.69 Å². The predicted octanol–water partition coefficient (Wildman–Crippen LogP) is 5.27. The third-order valence-corrected chi connectivity index (χ3v) is 5.16. The second-order valence-electron chi connectivity index (χ2n) is 6.62. The predicted molar refractivity (Wildman–Crippen MR) is 120 cm³/mol. The molecule has 1 saturated heterocycles. The van der Waals surface area contributed by atoms with Crippen molar-refractivity contribution in [3.63, 3.8) is 0 Å². The number of carbonyl (C=O) groups is 1. The van der Waals surface area contributed by atoms with Gasteiger partial charge in [0.25, 0.3) is 5.91 Å². The highest BCUT2D eigenvalue weighted by molar-refractivity contribution is 8.18.